The van der Waals surface area contributed by atoms with E-state index in [-0.39, 0.29) is 0 Å². The molecule has 1 aromatic carbocycles. The van der Waals surface area contributed by atoms with E-state index in [9.17, 15) is 9.59 Å². The number of aldehydes is 2. The van der Waals surface area contributed by atoms with E-state index in [4.69, 9.17) is 0 Å². The van der Waals surface area contributed by atoms with Crippen molar-refractivity contribution in [1.82, 2.24) is 0 Å². The van der Waals surface area contributed by atoms with Crippen LogP contribution in [0.2, 0.25) is 0 Å². The van der Waals surface area contributed by atoms with Crippen molar-refractivity contribution in [2.24, 2.45) is 0 Å². The fourth-order valence-electron chi connectivity index (χ4n) is 0.710. The van der Waals surface area contributed by atoms with E-state index in [1.165, 1.54) is 0 Å². The normalized spacial score (nSPS) is 8.08. The summed E-state index contributed by atoms with van der Waals surface area (Å²) in [6.07, 6.45) is 2.95. The smallest absolute Gasteiger partial charge is 0.124 e. The van der Waals surface area contributed by atoms with Gasteiger partial charge in [-0.15, -0.1) is 0 Å². The minimum atomic E-state index is 0.529. The van der Waals surface area contributed by atoms with Crippen molar-refractivity contribution < 1.29 is 9.59 Å². The Kier molecular flexibility index (Phi) is 7.70. The van der Waals surface area contributed by atoms with E-state index in [0.29, 0.717) is 12.8 Å². The molecule has 0 amide bonds. The van der Waals surface area contributed by atoms with Crippen molar-refractivity contribution in [3.8, 4) is 0 Å². The molecule has 0 aliphatic heterocycles. The van der Waals surface area contributed by atoms with E-state index in [1.54, 1.807) is 0 Å². The molecule has 0 radical (unpaired) electrons. The van der Waals surface area contributed by atoms with Crippen LogP contribution in [0.4, 0.5) is 0 Å². The Bertz CT molecular complexity index is 229. The molecule has 0 spiro atoms. The second kappa shape index (κ2) is 8.65. The molecule has 1 rings (SSSR count). The van der Waals surface area contributed by atoms with Gasteiger partial charge in [0.05, 0.1) is 0 Å². The molecule has 1 aromatic rings. The fraction of sp³-hybridized carbons (Fsp3) is 0.273. The van der Waals surface area contributed by atoms with Gasteiger partial charge in [0.2, 0.25) is 0 Å². The lowest BCUT2D eigenvalue weighted by atomic mass is 10.2. The second-order valence-electron chi connectivity index (χ2n) is 2.43. The molecule has 70 valence electrons. The Morgan fingerprint density at radius 2 is 1.62 bits per heavy atom. The first kappa shape index (κ1) is 11.6. The molecule has 0 saturated heterocycles. The Morgan fingerprint density at radius 1 is 1.08 bits per heavy atom. The first-order valence-electron chi connectivity index (χ1n) is 4.26. The van der Waals surface area contributed by atoms with Crippen molar-refractivity contribution >= 4 is 12.6 Å². The van der Waals surface area contributed by atoms with Gasteiger partial charge in [-0.05, 0) is 5.56 Å². The lowest BCUT2D eigenvalue weighted by Crippen LogP contribution is -1.82. The molecule has 0 bridgehead atoms. The molecule has 2 nitrogen and oxygen atoms in total. The van der Waals surface area contributed by atoms with Gasteiger partial charge < -0.3 is 9.59 Å². The molecule has 0 fully saturated rings. The minimum absolute atomic E-state index is 0.529. The van der Waals surface area contributed by atoms with E-state index in [0.717, 1.165) is 18.1 Å². The van der Waals surface area contributed by atoms with E-state index < -0.39 is 0 Å². The van der Waals surface area contributed by atoms with Crippen molar-refractivity contribution in [2.45, 2.75) is 19.8 Å². The predicted octanol–water partition coefficient (Wildman–Crippen LogP) is 2.02. The lowest BCUT2D eigenvalue weighted by Gasteiger charge is -1.89. The maximum Gasteiger partial charge on any atom is 0.124 e. The van der Waals surface area contributed by atoms with Crippen LogP contribution in [0.3, 0.4) is 0 Å². The highest BCUT2D eigenvalue weighted by molar-refractivity contribution is 5.54. The van der Waals surface area contributed by atoms with Crippen LogP contribution >= 0.6 is 0 Å². The van der Waals surface area contributed by atoms with Crippen LogP contribution < -0.4 is 0 Å². The summed E-state index contributed by atoms with van der Waals surface area (Å²) in [6.45, 7) is 1.81. The van der Waals surface area contributed by atoms with Gasteiger partial charge in [-0.1, -0.05) is 37.3 Å². The van der Waals surface area contributed by atoms with Crippen molar-refractivity contribution in [3.05, 3.63) is 35.9 Å². The summed E-state index contributed by atoms with van der Waals surface area (Å²) in [6, 6.07) is 9.68. The zero-order chi connectivity index (χ0) is 9.94. The lowest BCUT2D eigenvalue weighted by molar-refractivity contribution is -0.108. The van der Waals surface area contributed by atoms with Gasteiger partial charge in [-0.2, -0.15) is 0 Å². The molecule has 0 saturated carbocycles. The molecule has 0 aliphatic rings. The molecule has 0 atom stereocenters. The quantitative estimate of drug-likeness (QED) is 0.663. The number of benzene rings is 1. The molecule has 0 aromatic heterocycles. The third-order valence-electron chi connectivity index (χ3n) is 1.33. The van der Waals surface area contributed by atoms with Gasteiger partial charge in [-0.25, -0.2) is 0 Å². The zero-order valence-corrected chi connectivity index (χ0v) is 7.77. The van der Waals surface area contributed by atoms with Gasteiger partial charge in [0.15, 0.2) is 0 Å². The number of carbonyl (C=O) groups excluding carboxylic acids is 2. The first-order valence-corrected chi connectivity index (χ1v) is 4.26. The van der Waals surface area contributed by atoms with Crippen LogP contribution in [0, 0.1) is 0 Å². The molecular formula is C11H14O2. The molecule has 0 unspecified atom stereocenters. The van der Waals surface area contributed by atoms with E-state index >= 15 is 0 Å². The summed E-state index contributed by atoms with van der Waals surface area (Å²) >= 11 is 0. The molecule has 2 heteroatoms. The predicted molar refractivity (Wildman–Crippen MR) is 52.6 cm³/mol. The highest BCUT2D eigenvalue weighted by atomic mass is 16.1. The zero-order valence-electron chi connectivity index (χ0n) is 7.77. The second-order valence-corrected chi connectivity index (χ2v) is 2.43. The third-order valence-corrected chi connectivity index (χ3v) is 1.33. The topological polar surface area (TPSA) is 34.1 Å². The van der Waals surface area contributed by atoms with Crippen LogP contribution in [0.25, 0.3) is 0 Å². The molecule has 13 heavy (non-hydrogen) atoms. The highest BCUT2D eigenvalue weighted by Gasteiger charge is 1.84. The van der Waals surface area contributed by atoms with E-state index in [1.807, 2.05) is 37.3 Å². The average molecular weight is 178 g/mol. The molecule has 0 heterocycles. The summed E-state index contributed by atoms with van der Waals surface area (Å²) in [7, 11) is 0. The van der Waals surface area contributed by atoms with Gasteiger partial charge in [0, 0.05) is 12.8 Å². The monoisotopic (exact) mass is 178 g/mol. The number of hydrogen-bond acceptors (Lipinski definition) is 2. The summed E-state index contributed by atoms with van der Waals surface area (Å²) < 4.78 is 0. The highest BCUT2D eigenvalue weighted by Crippen LogP contribution is 1.96. The summed E-state index contributed by atoms with van der Waals surface area (Å²) in [5.41, 5.74) is 1.08. The van der Waals surface area contributed by atoms with Gasteiger partial charge in [0.25, 0.3) is 0 Å². The van der Waals surface area contributed by atoms with Crippen LogP contribution in [-0.2, 0) is 16.0 Å². The Balaban J connectivity index is 0.000000310. The Morgan fingerprint density at radius 3 is 2.00 bits per heavy atom. The Labute approximate surface area is 78.6 Å². The van der Waals surface area contributed by atoms with Gasteiger partial charge in [0.1, 0.15) is 12.6 Å². The summed E-state index contributed by atoms with van der Waals surface area (Å²) in [4.78, 5) is 19.1. The third kappa shape index (κ3) is 6.94. The minimum Gasteiger partial charge on any atom is -0.303 e. The van der Waals surface area contributed by atoms with Crippen LogP contribution in [0.5, 0.6) is 0 Å². The first-order chi connectivity index (χ1) is 6.35. The van der Waals surface area contributed by atoms with Crippen LogP contribution in [0.1, 0.15) is 18.9 Å². The summed E-state index contributed by atoms with van der Waals surface area (Å²) in [5.74, 6) is 0. The largest absolute Gasteiger partial charge is 0.303 e. The molecule has 0 N–H and O–H groups in total. The van der Waals surface area contributed by atoms with Crippen molar-refractivity contribution in [1.29, 1.82) is 0 Å². The maximum atomic E-state index is 9.97. The van der Waals surface area contributed by atoms with Crippen molar-refractivity contribution in [3.63, 3.8) is 0 Å². The standard InChI is InChI=1S/C8H8O.C3H6O/c9-7-6-8-4-2-1-3-5-8;1-2-3-4/h1-5,7H,6H2;3H,2H2,1H3. The maximum absolute atomic E-state index is 9.97. The number of hydrogen-bond donors (Lipinski definition) is 0. The fourth-order valence-corrected chi connectivity index (χ4v) is 0.710. The van der Waals surface area contributed by atoms with Gasteiger partial charge >= 0.3 is 0 Å². The van der Waals surface area contributed by atoms with E-state index in [2.05, 4.69) is 0 Å². The van der Waals surface area contributed by atoms with Gasteiger partial charge in [-0.3, -0.25) is 0 Å². The SMILES string of the molecule is CCC=O.O=CCc1ccccc1. The van der Waals surface area contributed by atoms with Crippen LogP contribution in [0.15, 0.2) is 30.3 Å². The molecular weight excluding hydrogens is 164 g/mol. The summed E-state index contributed by atoms with van der Waals surface area (Å²) in [5, 5.41) is 0. The Hall–Kier alpha value is -1.44. The number of rotatable bonds is 3. The average Bonchev–Trinajstić information content (AvgIpc) is 2.20. The number of carbonyl (C=O) groups is 2. The van der Waals surface area contributed by atoms with Crippen molar-refractivity contribution in [2.75, 3.05) is 0 Å². The molecule has 0 aliphatic carbocycles. The van der Waals surface area contributed by atoms with Crippen LogP contribution in [-0.4, -0.2) is 12.6 Å².